The van der Waals surface area contributed by atoms with Gasteiger partial charge in [0.1, 0.15) is 0 Å². The predicted molar refractivity (Wildman–Crippen MR) is 58.8 cm³/mol. The van der Waals surface area contributed by atoms with Gasteiger partial charge in [0.05, 0.1) is 0 Å². The lowest BCUT2D eigenvalue weighted by atomic mass is 9.86. The summed E-state index contributed by atoms with van der Waals surface area (Å²) in [6.45, 7) is 8.10. The van der Waals surface area contributed by atoms with Crippen LogP contribution in [0.5, 0.6) is 0 Å². The highest BCUT2D eigenvalue weighted by Gasteiger charge is 2.42. The van der Waals surface area contributed by atoms with Crippen molar-refractivity contribution >= 4 is 0 Å². The molecule has 0 aromatic heterocycles. The highest BCUT2D eigenvalue weighted by Crippen LogP contribution is 2.35. The van der Waals surface area contributed by atoms with Crippen LogP contribution in [-0.4, -0.2) is 41.1 Å². The van der Waals surface area contributed by atoms with E-state index >= 15 is 0 Å². The van der Waals surface area contributed by atoms with Gasteiger partial charge in [-0.25, -0.2) is 5.01 Å². The lowest BCUT2D eigenvalue weighted by Gasteiger charge is -2.45. The number of nitrogens with two attached hydrogens (primary N) is 1. The Morgan fingerprint density at radius 2 is 1.79 bits per heavy atom. The first-order valence-corrected chi connectivity index (χ1v) is 5.90. The molecular weight excluding hydrogens is 174 g/mol. The molecule has 2 rings (SSSR count). The molecule has 0 amide bonds. The van der Waals surface area contributed by atoms with Crippen LogP contribution in [0.25, 0.3) is 0 Å². The Labute approximate surface area is 87.2 Å². The summed E-state index contributed by atoms with van der Waals surface area (Å²) in [7, 11) is 0. The maximum atomic E-state index is 6.11. The van der Waals surface area contributed by atoms with Crippen LogP contribution in [0, 0.1) is 0 Å². The van der Waals surface area contributed by atoms with Crippen molar-refractivity contribution < 1.29 is 0 Å². The van der Waals surface area contributed by atoms with E-state index in [4.69, 9.17) is 5.84 Å². The molecule has 82 valence electrons. The Kier molecular flexibility index (Phi) is 2.82. The molecule has 3 heteroatoms. The third kappa shape index (κ3) is 1.69. The fourth-order valence-corrected chi connectivity index (χ4v) is 2.99. The smallest absolute Gasteiger partial charge is 0.0479 e. The Morgan fingerprint density at radius 1 is 1.14 bits per heavy atom. The van der Waals surface area contributed by atoms with Gasteiger partial charge in [-0.2, -0.15) is 0 Å². The Balaban J connectivity index is 2.05. The van der Waals surface area contributed by atoms with E-state index in [0.717, 1.165) is 6.54 Å². The third-order valence-electron chi connectivity index (χ3n) is 3.97. The van der Waals surface area contributed by atoms with Crippen LogP contribution in [0.2, 0.25) is 0 Å². The van der Waals surface area contributed by atoms with E-state index in [1.807, 2.05) is 0 Å². The van der Waals surface area contributed by atoms with Crippen LogP contribution in [0.3, 0.4) is 0 Å². The number of hydrogen-bond acceptors (Lipinski definition) is 3. The largest absolute Gasteiger partial charge is 0.299 e. The summed E-state index contributed by atoms with van der Waals surface area (Å²) in [5.74, 6) is 6.11. The van der Waals surface area contributed by atoms with E-state index in [2.05, 4.69) is 23.8 Å². The number of nitrogens with zero attached hydrogens (tertiary/aromatic N) is 2. The van der Waals surface area contributed by atoms with Gasteiger partial charge in [0.2, 0.25) is 0 Å². The molecule has 2 heterocycles. The van der Waals surface area contributed by atoms with Gasteiger partial charge >= 0.3 is 0 Å². The molecule has 0 saturated carbocycles. The number of rotatable bonds is 1. The molecule has 2 aliphatic rings. The molecule has 3 nitrogen and oxygen atoms in total. The van der Waals surface area contributed by atoms with Crippen molar-refractivity contribution in [2.24, 2.45) is 5.84 Å². The van der Waals surface area contributed by atoms with Crippen LogP contribution < -0.4 is 5.84 Å². The highest BCUT2D eigenvalue weighted by molar-refractivity contribution is 4.98. The number of hydrogen-bond donors (Lipinski definition) is 1. The average Bonchev–Trinajstić information content (AvgIpc) is 2.48. The molecule has 0 bridgehead atoms. The molecule has 14 heavy (non-hydrogen) atoms. The van der Waals surface area contributed by atoms with Gasteiger partial charge in [0, 0.05) is 24.7 Å². The molecular formula is C11H23N3. The second-order valence-corrected chi connectivity index (χ2v) is 5.19. The molecule has 2 saturated heterocycles. The summed E-state index contributed by atoms with van der Waals surface area (Å²) < 4.78 is 0. The van der Waals surface area contributed by atoms with Gasteiger partial charge < -0.3 is 0 Å². The van der Waals surface area contributed by atoms with Crippen molar-refractivity contribution in [3.63, 3.8) is 0 Å². The van der Waals surface area contributed by atoms with Crippen molar-refractivity contribution in [2.75, 3.05) is 19.6 Å². The monoisotopic (exact) mass is 197 g/mol. The summed E-state index contributed by atoms with van der Waals surface area (Å²) >= 11 is 0. The predicted octanol–water partition coefficient (Wildman–Crippen LogP) is 1.20. The summed E-state index contributed by atoms with van der Waals surface area (Å²) in [5.41, 5.74) is 0.322. The van der Waals surface area contributed by atoms with Crippen LogP contribution in [0.15, 0.2) is 0 Å². The summed E-state index contributed by atoms with van der Waals surface area (Å²) in [4.78, 5) is 2.58. The molecule has 1 atom stereocenters. The number of hydrazine groups is 1. The van der Waals surface area contributed by atoms with Crippen molar-refractivity contribution in [1.82, 2.24) is 9.91 Å². The van der Waals surface area contributed by atoms with E-state index in [1.165, 1.54) is 38.8 Å². The third-order valence-corrected chi connectivity index (χ3v) is 3.97. The molecule has 2 aliphatic heterocycles. The van der Waals surface area contributed by atoms with Crippen molar-refractivity contribution in [2.45, 2.75) is 51.1 Å². The van der Waals surface area contributed by atoms with Gasteiger partial charge in [0.15, 0.2) is 0 Å². The molecule has 1 unspecified atom stereocenters. The van der Waals surface area contributed by atoms with E-state index in [9.17, 15) is 0 Å². The van der Waals surface area contributed by atoms with Gasteiger partial charge in [-0.05, 0) is 46.1 Å². The first-order chi connectivity index (χ1) is 6.64. The quantitative estimate of drug-likeness (QED) is 0.641. The second kappa shape index (κ2) is 3.80. The highest BCUT2D eigenvalue weighted by atomic mass is 15.5. The minimum absolute atomic E-state index is 0.322. The molecule has 2 N–H and O–H groups in total. The topological polar surface area (TPSA) is 32.5 Å². The van der Waals surface area contributed by atoms with Crippen LogP contribution >= 0.6 is 0 Å². The van der Waals surface area contributed by atoms with Crippen LogP contribution in [-0.2, 0) is 0 Å². The molecule has 1 spiro atoms. The Morgan fingerprint density at radius 3 is 2.36 bits per heavy atom. The lowest BCUT2D eigenvalue weighted by Crippen LogP contribution is -2.59. The average molecular weight is 197 g/mol. The number of likely N-dealkylation sites (tertiary alicyclic amines) is 1. The fourth-order valence-electron chi connectivity index (χ4n) is 2.99. The zero-order valence-electron chi connectivity index (χ0n) is 9.50. The standard InChI is InChI=1S/C11H23N3/c1-10(2)13-7-3-5-11(9-13)6-4-8-14(11)12/h10H,3-9,12H2,1-2H3. The maximum absolute atomic E-state index is 6.11. The van der Waals surface area contributed by atoms with E-state index in [1.54, 1.807) is 0 Å². The van der Waals surface area contributed by atoms with Crippen molar-refractivity contribution in [3.8, 4) is 0 Å². The summed E-state index contributed by atoms with van der Waals surface area (Å²) in [6, 6.07) is 0.668. The van der Waals surface area contributed by atoms with Crippen molar-refractivity contribution in [1.29, 1.82) is 0 Å². The fraction of sp³-hybridized carbons (Fsp3) is 1.00. The molecule has 0 aromatic rings. The van der Waals surface area contributed by atoms with Gasteiger partial charge in [-0.3, -0.25) is 10.7 Å². The normalized spacial score (nSPS) is 36.0. The molecule has 0 aliphatic carbocycles. The number of piperidine rings is 1. The zero-order chi connectivity index (χ0) is 10.2. The van der Waals surface area contributed by atoms with E-state index in [0.29, 0.717) is 11.6 Å². The van der Waals surface area contributed by atoms with Gasteiger partial charge in [0.25, 0.3) is 0 Å². The van der Waals surface area contributed by atoms with Gasteiger partial charge in [-0.15, -0.1) is 0 Å². The maximum Gasteiger partial charge on any atom is 0.0479 e. The van der Waals surface area contributed by atoms with E-state index in [-0.39, 0.29) is 0 Å². The van der Waals surface area contributed by atoms with E-state index < -0.39 is 0 Å². The zero-order valence-corrected chi connectivity index (χ0v) is 9.50. The lowest BCUT2D eigenvalue weighted by molar-refractivity contribution is 0.0272. The second-order valence-electron chi connectivity index (χ2n) is 5.19. The van der Waals surface area contributed by atoms with Gasteiger partial charge in [-0.1, -0.05) is 0 Å². The SMILES string of the molecule is CC(C)N1CCCC2(CCCN2N)C1. The van der Waals surface area contributed by atoms with Crippen LogP contribution in [0.1, 0.15) is 39.5 Å². The first kappa shape index (κ1) is 10.4. The van der Waals surface area contributed by atoms with Crippen LogP contribution in [0.4, 0.5) is 0 Å². The summed E-state index contributed by atoms with van der Waals surface area (Å²) in [5, 5.41) is 2.11. The summed E-state index contributed by atoms with van der Waals surface area (Å²) in [6.07, 6.45) is 5.19. The Bertz CT molecular complexity index is 205. The molecule has 0 aromatic carbocycles. The molecule has 0 radical (unpaired) electrons. The Hall–Kier alpha value is -0.120. The molecule has 2 fully saturated rings. The minimum atomic E-state index is 0.322. The van der Waals surface area contributed by atoms with Crippen molar-refractivity contribution in [3.05, 3.63) is 0 Å². The first-order valence-electron chi connectivity index (χ1n) is 5.90. The minimum Gasteiger partial charge on any atom is -0.299 e.